The summed E-state index contributed by atoms with van der Waals surface area (Å²) < 4.78 is 16.3. The monoisotopic (exact) mass is 314 g/mol. The summed E-state index contributed by atoms with van der Waals surface area (Å²) in [6.45, 7) is 1.68. The van der Waals surface area contributed by atoms with Crippen molar-refractivity contribution in [1.29, 1.82) is 0 Å². The van der Waals surface area contributed by atoms with Crippen LogP contribution in [0.25, 0.3) is 0 Å². The van der Waals surface area contributed by atoms with E-state index in [4.69, 9.17) is 14.2 Å². The summed E-state index contributed by atoms with van der Waals surface area (Å²) in [7, 11) is 3.38. The zero-order valence-corrected chi connectivity index (χ0v) is 12.4. The lowest BCUT2D eigenvalue weighted by atomic mass is 9.93. The van der Waals surface area contributed by atoms with Gasteiger partial charge in [-0.1, -0.05) is 15.9 Å². The van der Waals surface area contributed by atoms with Crippen LogP contribution in [0.2, 0.25) is 0 Å². The van der Waals surface area contributed by atoms with Gasteiger partial charge in [0.05, 0.1) is 20.8 Å². The van der Waals surface area contributed by atoms with Crippen LogP contribution in [0.3, 0.4) is 0 Å². The number of hydrogen-bond donors (Lipinski definition) is 0. The highest BCUT2D eigenvalue weighted by Crippen LogP contribution is 2.41. The van der Waals surface area contributed by atoms with Crippen LogP contribution in [0.5, 0.6) is 11.5 Å². The van der Waals surface area contributed by atoms with E-state index < -0.39 is 0 Å². The fourth-order valence-corrected chi connectivity index (χ4v) is 3.08. The van der Waals surface area contributed by atoms with Gasteiger partial charge in [-0.25, -0.2) is 0 Å². The molecule has 1 aromatic carbocycles. The molecule has 0 radical (unpaired) electrons. The Kier molecular flexibility index (Phi) is 4.89. The van der Waals surface area contributed by atoms with Crippen molar-refractivity contribution in [3.05, 3.63) is 23.8 Å². The molecule has 2 atom stereocenters. The third-order valence-corrected chi connectivity index (χ3v) is 4.58. The Hall–Kier alpha value is -0.740. The molecule has 4 heteroatoms. The number of hydrogen-bond acceptors (Lipinski definition) is 3. The van der Waals surface area contributed by atoms with E-state index in [-0.39, 0.29) is 4.83 Å². The van der Waals surface area contributed by atoms with Gasteiger partial charge in [0.15, 0.2) is 0 Å². The Labute approximate surface area is 117 Å². The average Bonchev–Trinajstić information content (AvgIpc) is 2.46. The molecular formula is C14H19BrO3. The lowest BCUT2D eigenvalue weighted by Crippen LogP contribution is -2.21. The van der Waals surface area contributed by atoms with Gasteiger partial charge in [0.25, 0.3) is 0 Å². The number of alkyl halides is 1. The minimum absolute atomic E-state index is 0.239. The van der Waals surface area contributed by atoms with E-state index in [0.29, 0.717) is 5.92 Å². The molecule has 3 nitrogen and oxygen atoms in total. The van der Waals surface area contributed by atoms with Gasteiger partial charge < -0.3 is 14.2 Å². The van der Waals surface area contributed by atoms with E-state index in [1.54, 1.807) is 14.2 Å². The molecule has 2 rings (SSSR count). The van der Waals surface area contributed by atoms with Crippen LogP contribution in [0.15, 0.2) is 18.2 Å². The first kappa shape index (κ1) is 13.7. The molecule has 0 N–H and O–H groups in total. The Morgan fingerprint density at radius 3 is 2.78 bits per heavy atom. The summed E-state index contributed by atoms with van der Waals surface area (Å²) in [4.78, 5) is 0.239. The van der Waals surface area contributed by atoms with E-state index in [2.05, 4.69) is 15.9 Å². The van der Waals surface area contributed by atoms with E-state index in [0.717, 1.165) is 36.7 Å². The lowest BCUT2D eigenvalue weighted by molar-refractivity contribution is 0.0544. The molecule has 100 valence electrons. The van der Waals surface area contributed by atoms with Crippen molar-refractivity contribution >= 4 is 15.9 Å². The molecule has 1 aliphatic heterocycles. The van der Waals surface area contributed by atoms with Gasteiger partial charge in [-0.15, -0.1) is 0 Å². The summed E-state index contributed by atoms with van der Waals surface area (Å²) in [5.41, 5.74) is 1.13. The lowest BCUT2D eigenvalue weighted by Gasteiger charge is -2.27. The van der Waals surface area contributed by atoms with Crippen molar-refractivity contribution in [2.75, 3.05) is 27.4 Å². The summed E-state index contributed by atoms with van der Waals surface area (Å²) in [5.74, 6) is 2.23. The Balaban J connectivity index is 2.23. The molecule has 1 aromatic rings. The molecule has 0 aliphatic carbocycles. The van der Waals surface area contributed by atoms with Crippen LogP contribution in [-0.4, -0.2) is 27.4 Å². The molecule has 1 fully saturated rings. The van der Waals surface area contributed by atoms with Crippen molar-refractivity contribution in [2.45, 2.75) is 17.7 Å². The SMILES string of the molecule is COc1ccc(OC)c(C(Br)C2CCCOC2)c1. The topological polar surface area (TPSA) is 27.7 Å². The minimum atomic E-state index is 0.239. The zero-order chi connectivity index (χ0) is 13.0. The highest BCUT2D eigenvalue weighted by atomic mass is 79.9. The van der Waals surface area contributed by atoms with Crippen molar-refractivity contribution in [3.63, 3.8) is 0 Å². The van der Waals surface area contributed by atoms with E-state index in [1.165, 1.54) is 6.42 Å². The van der Waals surface area contributed by atoms with Gasteiger partial charge in [0.1, 0.15) is 11.5 Å². The van der Waals surface area contributed by atoms with E-state index in [9.17, 15) is 0 Å². The molecule has 0 spiro atoms. The minimum Gasteiger partial charge on any atom is -0.497 e. The molecular weight excluding hydrogens is 296 g/mol. The largest absolute Gasteiger partial charge is 0.497 e. The van der Waals surface area contributed by atoms with Crippen LogP contribution in [0.4, 0.5) is 0 Å². The Bertz CT molecular complexity index is 389. The second kappa shape index (κ2) is 6.43. The highest BCUT2D eigenvalue weighted by molar-refractivity contribution is 9.09. The second-order valence-electron chi connectivity index (χ2n) is 4.49. The third-order valence-electron chi connectivity index (χ3n) is 3.34. The van der Waals surface area contributed by atoms with Crippen LogP contribution >= 0.6 is 15.9 Å². The van der Waals surface area contributed by atoms with Crippen LogP contribution in [0.1, 0.15) is 23.2 Å². The van der Waals surface area contributed by atoms with Gasteiger partial charge in [-0.05, 0) is 37.0 Å². The molecule has 2 unspecified atom stereocenters. The van der Waals surface area contributed by atoms with Crippen molar-refractivity contribution in [1.82, 2.24) is 0 Å². The molecule has 0 amide bonds. The van der Waals surface area contributed by atoms with Crippen molar-refractivity contribution in [2.24, 2.45) is 5.92 Å². The van der Waals surface area contributed by atoms with Gasteiger partial charge in [0.2, 0.25) is 0 Å². The second-order valence-corrected chi connectivity index (χ2v) is 5.47. The molecule has 1 saturated heterocycles. The normalized spacial score (nSPS) is 21.4. The van der Waals surface area contributed by atoms with Gasteiger partial charge in [-0.3, -0.25) is 0 Å². The number of rotatable bonds is 4. The van der Waals surface area contributed by atoms with Crippen LogP contribution in [-0.2, 0) is 4.74 Å². The molecule has 0 aromatic heterocycles. The molecule has 1 aliphatic rings. The van der Waals surface area contributed by atoms with E-state index >= 15 is 0 Å². The molecule has 1 heterocycles. The Morgan fingerprint density at radius 2 is 2.17 bits per heavy atom. The average molecular weight is 315 g/mol. The fourth-order valence-electron chi connectivity index (χ4n) is 2.31. The van der Waals surface area contributed by atoms with Crippen molar-refractivity contribution < 1.29 is 14.2 Å². The number of ether oxygens (including phenoxy) is 3. The number of methoxy groups -OCH3 is 2. The molecule has 18 heavy (non-hydrogen) atoms. The number of halogens is 1. The fraction of sp³-hybridized carbons (Fsp3) is 0.571. The quantitative estimate of drug-likeness (QED) is 0.795. The zero-order valence-electron chi connectivity index (χ0n) is 10.8. The standard InChI is InChI=1S/C14H19BrO3/c1-16-11-5-6-13(17-2)12(8-11)14(15)10-4-3-7-18-9-10/h5-6,8,10,14H,3-4,7,9H2,1-2H3. The first-order valence-corrected chi connectivity index (χ1v) is 7.11. The first-order valence-electron chi connectivity index (χ1n) is 6.20. The smallest absolute Gasteiger partial charge is 0.123 e. The summed E-state index contributed by atoms with van der Waals surface area (Å²) >= 11 is 3.79. The van der Waals surface area contributed by atoms with Gasteiger partial charge in [-0.2, -0.15) is 0 Å². The molecule has 0 bridgehead atoms. The molecule has 0 saturated carbocycles. The van der Waals surface area contributed by atoms with Crippen molar-refractivity contribution in [3.8, 4) is 11.5 Å². The van der Waals surface area contributed by atoms with E-state index in [1.807, 2.05) is 18.2 Å². The van der Waals surface area contributed by atoms with Crippen LogP contribution < -0.4 is 9.47 Å². The summed E-state index contributed by atoms with van der Waals surface area (Å²) in [6, 6.07) is 5.90. The maximum Gasteiger partial charge on any atom is 0.123 e. The Morgan fingerprint density at radius 1 is 1.33 bits per heavy atom. The third kappa shape index (κ3) is 2.98. The highest BCUT2D eigenvalue weighted by Gasteiger charge is 2.26. The predicted molar refractivity (Wildman–Crippen MR) is 74.8 cm³/mol. The number of benzene rings is 1. The predicted octanol–water partition coefficient (Wildman–Crippen LogP) is 3.57. The van der Waals surface area contributed by atoms with Gasteiger partial charge >= 0.3 is 0 Å². The van der Waals surface area contributed by atoms with Gasteiger partial charge in [0, 0.05) is 17.0 Å². The first-order chi connectivity index (χ1) is 8.76. The van der Waals surface area contributed by atoms with Crippen LogP contribution in [0, 0.1) is 5.92 Å². The maximum absolute atomic E-state index is 5.55. The summed E-state index contributed by atoms with van der Waals surface area (Å²) in [5, 5.41) is 0. The summed E-state index contributed by atoms with van der Waals surface area (Å²) in [6.07, 6.45) is 2.30. The maximum atomic E-state index is 5.55.